The van der Waals surface area contributed by atoms with E-state index >= 15 is 0 Å². The van der Waals surface area contributed by atoms with Crippen LogP contribution in [0.3, 0.4) is 0 Å². The Labute approximate surface area is 112 Å². The fourth-order valence-corrected chi connectivity index (χ4v) is 2.10. The van der Waals surface area contributed by atoms with E-state index in [4.69, 9.17) is 11.6 Å². The summed E-state index contributed by atoms with van der Waals surface area (Å²) in [5, 5.41) is 4.74. The average molecular weight is 262 g/mol. The number of halogens is 1. The fraction of sp³-hybridized carbons (Fsp3) is 0.267. The molecule has 1 amide bonds. The van der Waals surface area contributed by atoms with Crippen molar-refractivity contribution in [3.05, 3.63) is 48.0 Å². The Morgan fingerprint density at radius 3 is 2.50 bits per heavy atom. The Kier molecular flexibility index (Phi) is 3.87. The zero-order valence-corrected chi connectivity index (χ0v) is 11.2. The third kappa shape index (κ3) is 2.65. The van der Waals surface area contributed by atoms with Crippen LogP contribution < -0.4 is 5.32 Å². The molecule has 2 atom stereocenters. The highest BCUT2D eigenvalue weighted by atomic mass is 35.5. The molecule has 0 heterocycles. The Bertz CT molecular complexity index is 560. The van der Waals surface area contributed by atoms with Crippen LogP contribution in [0.25, 0.3) is 10.8 Å². The van der Waals surface area contributed by atoms with Crippen LogP contribution in [0.2, 0.25) is 0 Å². The van der Waals surface area contributed by atoms with Crippen LogP contribution >= 0.6 is 11.6 Å². The van der Waals surface area contributed by atoms with Gasteiger partial charge in [-0.1, -0.05) is 42.5 Å². The van der Waals surface area contributed by atoms with E-state index in [9.17, 15) is 4.79 Å². The van der Waals surface area contributed by atoms with Crippen LogP contribution in [0.1, 0.15) is 25.5 Å². The molecular formula is C15H16ClNO. The number of fused-ring (bicyclic) bond motifs is 1. The molecule has 0 aliphatic rings. The zero-order chi connectivity index (χ0) is 13.1. The number of hydrogen-bond donors (Lipinski definition) is 1. The first-order valence-electron chi connectivity index (χ1n) is 6.01. The van der Waals surface area contributed by atoms with Crippen LogP contribution in [-0.4, -0.2) is 11.3 Å². The van der Waals surface area contributed by atoms with Gasteiger partial charge in [-0.3, -0.25) is 4.79 Å². The summed E-state index contributed by atoms with van der Waals surface area (Å²) in [6.07, 6.45) is 0. The first kappa shape index (κ1) is 12.9. The zero-order valence-electron chi connectivity index (χ0n) is 10.5. The molecule has 0 saturated carbocycles. The molecular weight excluding hydrogens is 246 g/mol. The van der Waals surface area contributed by atoms with Gasteiger partial charge in [0.1, 0.15) is 5.38 Å². The fourth-order valence-electron chi connectivity index (χ4n) is 2.03. The normalized spacial score (nSPS) is 14.2. The number of benzene rings is 2. The molecule has 0 bridgehead atoms. The number of nitrogens with one attached hydrogen (secondary N) is 1. The van der Waals surface area contributed by atoms with Gasteiger partial charge >= 0.3 is 0 Å². The highest BCUT2D eigenvalue weighted by Gasteiger charge is 2.15. The molecule has 3 heteroatoms. The summed E-state index contributed by atoms with van der Waals surface area (Å²) < 4.78 is 0. The summed E-state index contributed by atoms with van der Waals surface area (Å²) in [5.74, 6) is -0.142. The number of carbonyl (C=O) groups excluding carboxylic acids is 1. The molecule has 2 rings (SSSR count). The van der Waals surface area contributed by atoms with Gasteiger partial charge in [-0.05, 0) is 30.2 Å². The van der Waals surface area contributed by atoms with Gasteiger partial charge in [0.05, 0.1) is 6.04 Å². The van der Waals surface area contributed by atoms with E-state index in [2.05, 4.69) is 23.5 Å². The van der Waals surface area contributed by atoms with Gasteiger partial charge < -0.3 is 5.32 Å². The molecule has 2 nitrogen and oxygen atoms in total. The highest BCUT2D eigenvalue weighted by Crippen LogP contribution is 2.24. The van der Waals surface area contributed by atoms with Crippen molar-refractivity contribution in [1.82, 2.24) is 5.32 Å². The van der Waals surface area contributed by atoms with Crippen molar-refractivity contribution in [2.24, 2.45) is 0 Å². The van der Waals surface area contributed by atoms with Crippen molar-refractivity contribution in [2.45, 2.75) is 25.3 Å². The molecule has 1 N–H and O–H groups in total. The van der Waals surface area contributed by atoms with Crippen molar-refractivity contribution in [2.75, 3.05) is 0 Å². The number of amides is 1. The lowest BCUT2D eigenvalue weighted by molar-refractivity contribution is -0.121. The molecule has 0 aliphatic heterocycles. The van der Waals surface area contributed by atoms with Crippen molar-refractivity contribution >= 4 is 28.3 Å². The summed E-state index contributed by atoms with van der Waals surface area (Å²) in [7, 11) is 0. The van der Waals surface area contributed by atoms with Crippen molar-refractivity contribution in [3.63, 3.8) is 0 Å². The molecule has 18 heavy (non-hydrogen) atoms. The predicted molar refractivity (Wildman–Crippen MR) is 75.8 cm³/mol. The molecule has 0 unspecified atom stereocenters. The van der Waals surface area contributed by atoms with Gasteiger partial charge in [0.2, 0.25) is 5.91 Å². The number of carbonyl (C=O) groups is 1. The van der Waals surface area contributed by atoms with Crippen LogP contribution in [0.15, 0.2) is 42.5 Å². The molecule has 2 aromatic rings. The third-order valence-electron chi connectivity index (χ3n) is 3.01. The summed E-state index contributed by atoms with van der Waals surface area (Å²) in [4.78, 5) is 11.6. The van der Waals surface area contributed by atoms with Gasteiger partial charge in [-0.2, -0.15) is 0 Å². The predicted octanol–water partition coefficient (Wildman–Crippen LogP) is 3.64. The molecule has 0 saturated heterocycles. The van der Waals surface area contributed by atoms with E-state index < -0.39 is 5.38 Å². The Hall–Kier alpha value is -1.54. The summed E-state index contributed by atoms with van der Waals surface area (Å²) >= 11 is 5.77. The molecule has 94 valence electrons. The van der Waals surface area contributed by atoms with Gasteiger partial charge in [0.15, 0.2) is 0 Å². The topological polar surface area (TPSA) is 29.1 Å². The maximum absolute atomic E-state index is 11.6. The van der Waals surface area contributed by atoms with Crippen LogP contribution in [-0.2, 0) is 4.79 Å². The molecule has 0 radical (unpaired) electrons. The second-order valence-electron chi connectivity index (χ2n) is 4.41. The quantitative estimate of drug-likeness (QED) is 0.840. The van der Waals surface area contributed by atoms with E-state index in [1.54, 1.807) is 6.92 Å². The summed E-state index contributed by atoms with van der Waals surface area (Å²) in [6.45, 7) is 3.64. The van der Waals surface area contributed by atoms with E-state index in [0.29, 0.717) is 0 Å². The SMILES string of the molecule is C[C@H](Cl)C(=O)N[C@@H](C)c1cccc2ccccc12. The Morgan fingerprint density at radius 2 is 1.78 bits per heavy atom. The largest absolute Gasteiger partial charge is 0.348 e. The van der Waals surface area contributed by atoms with Crippen LogP contribution in [0.5, 0.6) is 0 Å². The maximum Gasteiger partial charge on any atom is 0.238 e. The van der Waals surface area contributed by atoms with Crippen LogP contribution in [0.4, 0.5) is 0 Å². The highest BCUT2D eigenvalue weighted by molar-refractivity contribution is 6.30. The third-order valence-corrected chi connectivity index (χ3v) is 3.21. The van der Waals surface area contributed by atoms with Crippen molar-refractivity contribution in [3.8, 4) is 0 Å². The van der Waals surface area contributed by atoms with Gasteiger partial charge in [-0.15, -0.1) is 11.6 Å². The van der Waals surface area contributed by atoms with Crippen molar-refractivity contribution < 1.29 is 4.79 Å². The van der Waals surface area contributed by atoms with Crippen LogP contribution in [0, 0.1) is 0 Å². The standard InChI is InChI=1S/C15H16ClNO/c1-10(16)15(18)17-11(2)13-9-5-7-12-6-3-4-8-14(12)13/h3-11H,1-2H3,(H,17,18)/t10-,11-/m0/s1. The average Bonchev–Trinajstić information content (AvgIpc) is 2.37. The van der Waals surface area contributed by atoms with Gasteiger partial charge in [0, 0.05) is 0 Å². The summed E-state index contributed by atoms with van der Waals surface area (Å²) in [6, 6.07) is 14.2. The monoisotopic (exact) mass is 261 g/mol. The van der Waals surface area contributed by atoms with Gasteiger partial charge in [0.25, 0.3) is 0 Å². The first-order valence-corrected chi connectivity index (χ1v) is 6.45. The van der Waals surface area contributed by atoms with Crippen molar-refractivity contribution in [1.29, 1.82) is 0 Å². The van der Waals surface area contributed by atoms with E-state index in [1.807, 2.05) is 31.2 Å². The minimum absolute atomic E-state index is 0.0511. The Balaban J connectivity index is 2.33. The molecule has 0 fully saturated rings. The summed E-state index contributed by atoms with van der Waals surface area (Å²) in [5.41, 5.74) is 1.11. The van der Waals surface area contributed by atoms with Gasteiger partial charge in [-0.25, -0.2) is 0 Å². The number of hydrogen-bond acceptors (Lipinski definition) is 1. The second kappa shape index (κ2) is 5.40. The lowest BCUT2D eigenvalue weighted by Crippen LogP contribution is -2.32. The Morgan fingerprint density at radius 1 is 1.11 bits per heavy atom. The molecule has 0 aromatic heterocycles. The number of alkyl halides is 1. The smallest absolute Gasteiger partial charge is 0.238 e. The maximum atomic E-state index is 11.6. The minimum Gasteiger partial charge on any atom is -0.348 e. The second-order valence-corrected chi connectivity index (χ2v) is 5.07. The van der Waals surface area contributed by atoms with E-state index in [0.717, 1.165) is 10.9 Å². The molecule has 2 aromatic carbocycles. The first-order chi connectivity index (χ1) is 8.59. The van der Waals surface area contributed by atoms with E-state index in [-0.39, 0.29) is 11.9 Å². The molecule has 0 spiro atoms. The van der Waals surface area contributed by atoms with E-state index in [1.165, 1.54) is 5.39 Å². The minimum atomic E-state index is -0.512. The lowest BCUT2D eigenvalue weighted by atomic mass is 9.99. The lowest BCUT2D eigenvalue weighted by Gasteiger charge is -2.17. The molecule has 0 aliphatic carbocycles. The number of rotatable bonds is 3.